The zero-order valence-electron chi connectivity index (χ0n) is 13.3. The van der Waals surface area contributed by atoms with Crippen molar-refractivity contribution >= 4 is 17.4 Å². The number of aryl methyl sites for hydroxylation is 2. The van der Waals surface area contributed by atoms with Crippen molar-refractivity contribution in [3.05, 3.63) is 39.3 Å². The van der Waals surface area contributed by atoms with Crippen LogP contribution in [0.2, 0.25) is 0 Å². The molecule has 0 unspecified atom stereocenters. The van der Waals surface area contributed by atoms with Crippen molar-refractivity contribution in [3.63, 3.8) is 0 Å². The molecule has 0 spiro atoms. The third kappa shape index (κ3) is 3.16. The molecule has 22 heavy (non-hydrogen) atoms. The predicted octanol–water partition coefficient (Wildman–Crippen LogP) is 2.97. The summed E-state index contributed by atoms with van der Waals surface area (Å²) in [6.45, 7) is 5.32. The van der Waals surface area contributed by atoms with Gasteiger partial charge in [-0.05, 0) is 38.1 Å². The second-order valence-electron chi connectivity index (χ2n) is 5.87. The summed E-state index contributed by atoms with van der Waals surface area (Å²) in [5.74, 6) is 0. The lowest BCUT2D eigenvalue weighted by molar-refractivity contribution is 0.191. The molecule has 0 bridgehead atoms. The van der Waals surface area contributed by atoms with Crippen LogP contribution in [0, 0.1) is 13.8 Å². The summed E-state index contributed by atoms with van der Waals surface area (Å²) in [4.78, 5) is 15.7. The molecule has 0 aromatic carbocycles. The van der Waals surface area contributed by atoms with Gasteiger partial charge in [0.25, 0.3) is 0 Å². The number of hydrogen-bond acceptors (Lipinski definition) is 3. The number of nitrogens with one attached hydrogen (secondary N) is 1. The lowest BCUT2D eigenvalue weighted by Crippen LogP contribution is -2.40. The average molecular weight is 318 g/mol. The molecule has 1 N–H and O–H groups in total. The first-order valence-corrected chi connectivity index (χ1v) is 8.50. The summed E-state index contributed by atoms with van der Waals surface area (Å²) in [6.07, 6.45) is 2.20. The minimum atomic E-state index is 0.0264. The van der Waals surface area contributed by atoms with Gasteiger partial charge in [0.1, 0.15) is 0 Å². The Kier molecular flexibility index (Phi) is 4.20. The molecule has 6 heteroatoms. The van der Waals surface area contributed by atoms with Crippen LogP contribution in [-0.4, -0.2) is 26.8 Å². The summed E-state index contributed by atoms with van der Waals surface area (Å²) in [6, 6.07) is 4.45. The first kappa shape index (κ1) is 15.1. The normalized spacial score (nSPS) is 14.1. The van der Waals surface area contributed by atoms with Gasteiger partial charge in [-0.3, -0.25) is 4.68 Å². The number of thiophene rings is 1. The first-order valence-electron chi connectivity index (χ1n) is 7.62. The Morgan fingerprint density at radius 1 is 1.50 bits per heavy atom. The SMILES string of the molecule is Cc1nn(C)c(C)c1CN(C(=O)NCc1cccs1)C1CC1. The zero-order valence-corrected chi connectivity index (χ0v) is 14.1. The highest BCUT2D eigenvalue weighted by atomic mass is 32.1. The number of aromatic nitrogens is 2. The maximum Gasteiger partial charge on any atom is 0.318 e. The average Bonchev–Trinajstić information content (AvgIpc) is 3.13. The monoisotopic (exact) mass is 318 g/mol. The van der Waals surface area contributed by atoms with Crippen molar-refractivity contribution < 1.29 is 4.79 Å². The van der Waals surface area contributed by atoms with Gasteiger partial charge in [-0.1, -0.05) is 6.07 Å². The fourth-order valence-electron chi connectivity index (χ4n) is 2.65. The predicted molar refractivity (Wildman–Crippen MR) is 87.8 cm³/mol. The Morgan fingerprint density at radius 2 is 2.27 bits per heavy atom. The van der Waals surface area contributed by atoms with Crippen LogP contribution in [0.1, 0.15) is 34.7 Å². The minimum absolute atomic E-state index is 0.0264. The molecule has 118 valence electrons. The highest BCUT2D eigenvalue weighted by Crippen LogP contribution is 2.29. The van der Waals surface area contributed by atoms with E-state index in [1.165, 1.54) is 10.4 Å². The molecule has 0 radical (unpaired) electrons. The molecular weight excluding hydrogens is 296 g/mol. The Balaban J connectivity index is 1.68. The van der Waals surface area contributed by atoms with Crippen molar-refractivity contribution in [1.29, 1.82) is 0 Å². The molecule has 1 aliphatic carbocycles. The molecule has 0 aliphatic heterocycles. The summed E-state index contributed by atoms with van der Waals surface area (Å²) in [5.41, 5.74) is 3.31. The van der Waals surface area contributed by atoms with Crippen molar-refractivity contribution in [2.24, 2.45) is 7.05 Å². The van der Waals surface area contributed by atoms with E-state index in [0.717, 1.165) is 24.2 Å². The molecule has 2 amide bonds. The number of carbonyl (C=O) groups is 1. The van der Waals surface area contributed by atoms with Crippen LogP contribution in [0.4, 0.5) is 4.79 Å². The van der Waals surface area contributed by atoms with Crippen molar-refractivity contribution in [2.45, 2.75) is 45.8 Å². The Labute approximate surface area is 134 Å². The highest BCUT2D eigenvalue weighted by molar-refractivity contribution is 7.09. The number of rotatable bonds is 5. The molecule has 0 atom stereocenters. The van der Waals surface area contributed by atoms with Crippen LogP contribution in [0.25, 0.3) is 0 Å². The van der Waals surface area contributed by atoms with Gasteiger partial charge >= 0.3 is 6.03 Å². The van der Waals surface area contributed by atoms with Gasteiger partial charge in [0.2, 0.25) is 0 Å². The molecule has 1 fully saturated rings. The molecule has 0 saturated heterocycles. The molecule has 5 nitrogen and oxygen atoms in total. The van der Waals surface area contributed by atoms with E-state index < -0.39 is 0 Å². The van der Waals surface area contributed by atoms with Crippen molar-refractivity contribution in [1.82, 2.24) is 20.0 Å². The number of amides is 2. The van der Waals surface area contributed by atoms with Crippen LogP contribution in [-0.2, 0) is 20.1 Å². The van der Waals surface area contributed by atoms with E-state index in [9.17, 15) is 4.79 Å². The molecule has 1 saturated carbocycles. The van der Waals surface area contributed by atoms with Gasteiger partial charge in [0.05, 0.1) is 18.8 Å². The van der Waals surface area contributed by atoms with Gasteiger partial charge in [-0.2, -0.15) is 5.10 Å². The van der Waals surface area contributed by atoms with E-state index in [1.54, 1.807) is 11.3 Å². The van der Waals surface area contributed by atoms with Crippen LogP contribution in [0.3, 0.4) is 0 Å². The van der Waals surface area contributed by atoms with Crippen LogP contribution in [0.5, 0.6) is 0 Å². The molecular formula is C16H22N4OS. The van der Waals surface area contributed by atoms with Gasteiger partial charge < -0.3 is 10.2 Å². The van der Waals surface area contributed by atoms with Gasteiger partial charge in [0, 0.05) is 29.2 Å². The van der Waals surface area contributed by atoms with Gasteiger partial charge in [-0.25, -0.2) is 4.79 Å². The molecule has 2 aromatic rings. The summed E-state index contributed by atoms with van der Waals surface area (Å²) < 4.78 is 1.89. The fraction of sp³-hybridized carbons (Fsp3) is 0.500. The van der Waals surface area contributed by atoms with E-state index in [1.807, 2.05) is 41.1 Å². The summed E-state index contributed by atoms with van der Waals surface area (Å²) in [7, 11) is 1.95. The number of urea groups is 1. The Bertz CT molecular complexity index is 658. The highest BCUT2D eigenvalue weighted by Gasteiger charge is 2.33. The van der Waals surface area contributed by atoms with E-state index in [2.05, 4.69) is 17.3 Å². The second kappa shape index (κ2) is 6.12. The maximum absolute atomic E-state index is 12.5. The van der Waals surface area contributed by atoms with E-state index in [4.69, 9.17) is 0 Å². The van der Waals surface area contributed by atoms with E-state index in [0.29, 0.717) is 19.1 Å². The first-order chi connectivity index (χ1) is 10.6. The van der Waals surface area contributed by atoms with Crippen LogP contribution >= 0.6 is 11.3 Å². The number of carbonyl (C=O) groups excluding carboxylic acids is 1. The smallest absolute Gasteiger partial charge is 0.318 e. The van der Waals surface area contributed by atoms with Crippen molar-refractivity contribution in [2.75, 3.05) is 0 Å². The fourth-order valence-corrected chi connectivity index (χ4v) is 3.29. The largest absolute Gasteiger partial charge is 0.333 e. The second-order valence-corrected chi connectivity index (χ2v) is 6.90. The minimum Gasteiger partial charge on any atom is -0.333 e. The lowest BCUT2D eigenvalue weighted by atomic mass is 10.2. The molecule has 2 heterocycles. The Hall–Kier alpha value is -1.82. The quantitative estimate of drug-likeness (QED) is 0.921. The summed E-state index contributed by atoms with van der Waals surface area (Å²) in [5, 5.41) is 9.52. The lowest BCUT2D eigenvalue weighted by Gasteiger charge is -2.23. The third-order valence-corrected chi connectivity index (χ3v) is 5.11. The van der Waals surface area contributed by atoms with E-state index in [-0.39, 0.29) is 6.03 Å². The standard InChI is InChI=1S/C16H22N4OS/c1-11-15(12(2)19(3)18-11)10-20(13-6-7-13)16(21)17-9-14-5-4-8-22-14/h4-5,8,13H,6-7,9-10H2,1-3H3,(H,17,21). The van der Waals surface area contributed by atoms with E-state index >= 15 is 0 Å². The third-order valence-electron chi connectivity index (χ3n) is 4.23. The molecule has 3 rings (SSSR count). The zero-order chi connectivity index (χ0) is 15.7. The molecule has 2 aromatic heterocycles. The van der Waals surface area contributed by atoms with Gasteiger partial charge in [0.15, 0.2) is 0 Å². The Morgan fingerprint density at radius 3 is 2.82 bits per heavy atom. The van der Waals surface area contributed by atoms with Crippen molar-refractivity contribution in [3.8, 4) is 0 Å². The topological polar surface area (TPSA) is 50.2 Å². The maximum atomic E-state index is 12.5. The summed E-state index contributed by atoms with van der Waals surface area (Å²) >= 11 is 1.67. The number of nitrogens with zero attached hydrogens (tertiary/aromatic N) is 3. The molecule has 1 aliphatic rings. The number of hydrogen-bond donors (Lipinski definition) is 1. The van der Waals surface area contributed by atoms with Crippen LogP contribution < -0.4 is 5.32 Å². The van der Waals surface area contributed by atoms with Gasteiger partial charge in [-0.15, -0.1) is 11.3 Å². The van der Waals surface area contributed by atoms with Crippen LogP contribution in [0.15, 0.2) is 17.5 Å².